The molecule has 3 fully saturated rings. The van der Waals surface area contributed by atoms with Gasteiger partial charge in [0, 0.05) is 44.6 Å². The number of hydrogen-bond acceptors (Lipinski definition) is 14. The normalized spacial score (nSPS) is 45.1. The van der Waals surface area contributed by atoms with Crippen LogP contribution in [0.25, 0.3) is 0 Å². The van der Waals surface area contributed by atoms with Crippen LogP contribution < -0.4 is 0 Å². The summed E-state index contributed by atoms with van der Waals surface area (Å²) in [4.78, 5) is 18.4. The average molecular weight is 839 g/mol. The fraction of sp³-hybridized carbons (Fsp3) is 0.844. The van der Waals surface area contributed by atoms with Crippen molar-refractivity contribution < 1.29 is 58.7 Å². The lowest BCUT2D eigenvalue weighted by atomic mass is 9.77. The van der Waals surface area contributed by atoms with Crippen LogP contribution in [0.3, 0.4) is 0 Å². The van der Waals surface area contributed by atoms with Gasteiger partial charge in [0.15, 0.2) is 12.6 Å². The van der Waals surface area contributed by atoms with Crippen molar-refractivity contribution in [1.82, 2.24) is 9.80 Å². The topological polar surface area (TPSA) is 180 Å². The van der Waals surface area contributed by atoms with Crippen molar-refractivity contribution in [2.45, 2.75) is 199 Å². The van der Waals surface area contributed by atoms with Crippen molar-refractivity contribution in [2.75, 3.05) is 27.7 Å². The number of esters is 1. The molecule has 4 rings (SSSR count). The third-order valence-corrected chi connectivity index (χ3v) is 13.7. The first-order valence-electron chi connectivity index (χ1n) is 21.7. The second-order valence-corrected chi connectivity index (χ2v) is 19.1. The number of aliphatic hydroxyl groups excluding tert-OH is 3. The van der Waals surface area contributed by atoms with Crippen molar-refractivity contribution in [3.8, 4) is 0 Å². The van der Waals surface area contributed by atoms with Gasteiger partial charge in [0.1, 0.15) is 30.0 Å². The van der Waals surface area contributed by atoms with E-state index in [0.29, 0.717) is 19.5 Å². The average Bonchev–Trinajstić information content (AvgIpc) is 3.16. The lowest BCUT2D eigenvalue weighted by Crippen LogP contribution is -2.60. The Hall–Kier alpha value is -1.79. The smallest absolute Gasteiger partial charge is 0.311 e. The molecule has 14 nitrogen and oxygen atoms in total. The molecule has 59 heavy (non-hydrogen) atoms. The summed E-state index contributed by atoms with van der Waals surface area (Å²) in [6, 6.07) is 7.39. The van der Waals surface area contributed by atoms with Gasteiger partial charge in [0.2, 0.25) is 0 Å². The van der Waals surface area contributed by atoms with E-state index in [-0.39, 0.29) is 37.3 Å². The first-order valence-corrected chi connectivity index (χ1v) is 21.7. The van der Waals surface area contributed by atoms with E-state index in [1.807, 2.05) is 53.6 Å². The second kappa shape index (κ2) is 20.2. The summed E-state index contributed by atoms with van der Waals surface area (Å²) in [6.45, 7) is 20.8. The van der Waals surface area contributed by atoms with Crippen LogP contribution in [-0.2, 0) is 39.8 Å². The van der Waals surface area contributed by atoms with Gasteiger partial charge in [-0.1, -0.05) is 50.6 Å². The molecular formula is C45H78N2O12. The molecule has 3 saturated heterocycles. The van der Waals surface area contributed by atoms with Gasteiger partial charge in [-0.05, 0) is 100 Å². The Morgan fingerprint density at radius 3 is 2.15 bits per heavy atom. The van der Waals surface area contributed by atoms with Crippen LogP contribution in [0.4, 0.5) is 0 Å². The highest BCUT2D eigenvalue weighted by molar-refractivity contribution is 5.73. The monoisotopic (exact) mass is 839 g/mol. The number of aliphatic hydroxyl groups is 5. The number of nitrogens with zero attached hydrogens (tertiary/aromatic N) is 2. The van der Waals surface area contributed by atoms with E-state index >= 15 is 0 Å². The molecule has 0 bridgehead atoms. The zero-order valence-corrected chi connectivity index (χ0v) is 38.2. The van der Waals surface area contributed by atoms with Gasteiger partial charge in [0.05, 0.1) is 41.5 Å². The molecule has 1 unspecified atom stereocenters. The van der Waals surface area contributed by atoms with Crippen LogP contribution in [-0.4, -0.2) is 159 Å². The van der Waals surface area contributed by atoms with E-state index in [9.17, 15) is 30.3 Å². The zero-order valence-electron chi connectivity index (χ0n) is 38.2. The van der Waals surface area contributed by atoms with Crippen molar-refractivity contribution >= 4 is 5.97 Å². The molecule has 0 aliphatic carbocycles. The number of carbonyl (C=O) groups is 1. The van der Waals surface area contributed by atoms with Crippen LogP contribution in [0.15, 0.2) is 24.3 Å². The lowest BCUT2D eigenvalue weighted by molar-refractivity contribution is -0.318. The fourth-order valence-corrected chi connectivity index (χ4v) is 9.76. The Kier molecular flexibility index (Phi) is 17.0. The van der Waals surface area contributed by atoms with Crippen LogP contribution in [0, 0.1) is 24.7 Å². The summed E-state index contributed by atoms with van der Waals surface area (Å²) in [5, 5.41) is 59.2. The van der Waals surface area contributed by atoms with E-state index in [1.165, 1.54) is 14.0 Å². The molecule has 5 N–H and O–H groups in total. The number of hydrogen-bond donors (Lipinski definition) is 5. The first-order chi connectivity index (χ1) is 27.4. The number of methoxy groups -OCH3 is 1. The molecule has 3 aliphatic rings. The van der Waals surface area contributed by atoms with Gasteiger partial charge in [-0.25, -0.2) is 0 Å². The molecule has 0 saturated carbocycles. The van der Waals surface area contributed by atoms with Gasteiger partial charge in [-0.3, -0.25) is 9.69 Å². The highest BCUT2D eigenvalue weighted by Gasteiger charge is 2.52. The minimum absolute atomic E-state index is 0.124. The summed E-state index contributed by atoms with van der Waals surface area (Å²) in [7, 11) is 5.33. The predicted octanol–water partition coefficient (Wildman–Crippen LogP) is 3.78. The molecule has 340 valence electrons. The van der Waals surface area contributed by atoms with E-state index in [0.717, 1.165) is 11.1 Å². The third-order valence-electron chi connectivity index (χ3n) is 13.7. The SMILES string of the molecule is CC[C@H]1OC(=O)[C@H](C)[C@@H](OC2C[C@@](C)(OC)[C@@H](O)[C@H](C)O2)[C@H](C)[C@@H](O[C@@H]2O[C@H](C)C[C@H](N(C)Cc3ccc(C)cc3)[C@H]2O)[C@](C)(O)C[C@@H](C)CN(C)[C@H](C)[C@@H](O)[C@]1(C)O. The predicted molar refractivity (Wildman–Crippen MR) is 223 cm³/mol. The lowest BCUT2D eigenvalue weighted by Gasteiger charge is -2.49. The Bertz CT molecular complexity index is 1480. The summed E-state index contributed by atoms with van der Waals surface area (Å²) < 4.78 is 38.1. The van der Waals surface area contributed by atoms with Crippen LogP contribution in [0.2, 0.25) is 0 Å². The maximum Gasteiger partial charge on any atom is 0.311 e. The molecule has 0 spiro atoms. The molecule has 0 aromatic heterocycles. The molecule has 3 heterocycles. The molecular weight excluding hydrogens is 760 g/mol. The van der Waals surface area contributed by atoms with Gasteiger partial charge in [-0.15, -0.1) is 0 Å². The number of aryl methyl sites for hydroxylation is 1. The number of cyclic esters (lactones) is 1. The fourth-order valence-electron chi connectivity index (χ4n) is 9.76. The second-order valence-electron chi connectivity index (χ2n) is 19.1. The van der Waals surface area contributed by atoms with Gasteiger partial charge >= 0.3 is 5.97 Å². The van der Waals surface area contributed by atoms with E-state index < -0.39 is 96.0 Å². The van der Waals surface area contributed by atoms with Crippen molar-refractivity contribution in [1.29, 1.82) is 0 Å². The molecule has 1 aromatic rings. The Morgan fingerprint density at radius 1 is 0.932 bits per heavy atom. The quantitative estimate of drug-likeness (QED) is 0.227. The number of benzene rings is 1. The van der Waals surface area contributed by atoms with Crippen molar-refractivity contribution in [2.24, 2.45) is 17.8 Å². The summed E-state index contributed by atoms with van der Waals surface area (Å²) in [5.74, 6) is -2.65. The molecule has 18 atom stereocenters. The summed E-state index contributed by atoms with van der Waals surface area (Å²) in [5.41, 5.74) is -2.17. The highest BCUT2D eigenvalue weighted by atomic mass is 16.7. The Balaban J connectivity index is 1.79. The maximum absolute atomic E-state index is 14.4. The Morgan fingerprint density at radius 2 is 1.56 bits per heavy atom. The van der Waals surface area contributed by atoms with Gasteiger partial charge < -0.3 is 58.9 Å². The third kappa shape index (κ3) is 11.6. The number of rotatable bonds is 9. The van der Waals surface area contributed by atoms with Crippen molar-refractivity contribution in [3.63, 3.8) is 0 Å². The minimum Gasteiger partial charge on any atom is -0.459 e. The first kappa shape index (κ1) is 49.9. The zero-order chi connectivity index (χ0) is 44.4. The number of carbonyl (C=O) groups excluding carboxylic acids is 1. The van der Waals surface area contributed by atoms with Crippen LogP contribution in [0.5, 0.6) is 0 Å². The number of ether oxygens (including phenoxy) is 6. The largest absolute Gasteiger partial charge is 0.459 e. The van der Waals surface area contributed by atoms with Crippen LogP contribution in [0.1, 0.15) is 106 Å². The standard InChI is InChI=1S/C45H78N2O12/c1-15-34-45(11,53)38(49)30(7)46(12)23-26(3)21-43(9,52)40(59-42-36(48)33(20-27(4)55-42)47(13)24-32-18-16-25(2)17-19-32)28(5)37(29(6)41(51)57-34)58-35-22-44(10,54-14)39(50)31(8)56-35/h16-19,26-31,33-40,42,48-50,52-53H,15,20-24H2,1-14H3/t26-,27-,28+,29-,30-,31+,33+,34-,35?,36-,37+,38-,39+,40-,42+,43-,44-,45-/m1/s1. The highest BCUT2D eigenvalue weighted by Crippen LogP contribution is 2.40. The van der Waals surface area contributed by atoms with Gasteiger partial charge in [-0.2, -0.15) is 0 Å². The summed E-state index contributed by atoms with van der Waals surface area (Å²) >= 11 is 0. The molecule has 0 radical (unpaired) electrons. The molecule has 1 aromatic carbocycles. The van der Waals surface area contributed by atoms with Crippen LogP contribution >= 0.6 is 0 Å². The summed E-state index contributed by atoms with van der Waals surface area (Å²) in [6.07, 6.45) is -8.53. The van der Waals surface area contributed by atoms with E-state index in [4.69, 9.17) is 28.4 Å². The van der Waals surface area contributed by atoms with E-state index in [2.05, 4.69) is 29.2 Å². The Labute approximate surface area is 353 Å². The maximum atomic E-state index is 14.4. The molecule has 0 amide bonds. The number of likely N-dealkylation sites (N-methyl/N-ethyl adjacent to an activating group) is 2. The van der Waals surface area contributed by atoms with Crippen molar-refractivity contribution in [3.05, 3.63) is 35.4 Å². The van der Waals surface area contributed by atoms with Gasteiger partial charge in [0.25, 0.3) is 0 Å². The molecule has 14 heteroatoms. The van der Waals surface area contributed by atoms with E-state index in [1.54, 1.807) is 34.6 Å². The molecule has 3 aliphatic heterocycles. The minimum atomic E-state index is -1.81.